The van der Waals surface area contributed by atoms with Crippen LogP contribution in [-0.2, 0) is 9.59 Å². The highest BCUT2D eigenvalue weighted by atomic mass is 35.5. The molecular formula is C18H20Cl2N2O3S. The number of nitrogens with zero attached hydrogens (tertiary/aromatic N) is 2. The van der Waals surface area contributed by atoms with Gasteiger partial charge in [-0.15, -0.1) is 0 Å². The van der Waals surface area contributed by atoms with Crippen LogP contribution in [0.1, 0.15) is 33.3 Å². The van der Waals surface area contributed by atoms with Crippen LogP contribution in [0.3, 0.4) is 0 Å². The second-order valence-corrected chi connectivity index (χ2v) is 8.26. The van der Waals surface area contributed by atoms with E-state index in [4.69, 9.17) is 23.2 Å². The highest BCUT2D eigenvalue weighted by Crippen LogP contribution is 2.34. The molecule has 0 aromatic heterocycles. The monoisotopic (exact) mass is 414 g/mol. The molecule has 0 unspecified atom stereocenters. The first-order chi connectivity index (χ1) is 12.1. The van der Waals surface area contributed by atoms with Gasteiger partial charge >= 0.3 is 0 Å². The molecule has 140 valence electrons. The van der Waals surface area contributed by atoms with E-state index in [1.165, 1.54) is 6.08 Å². The second kappa shape index (κ2) is 8.46. The van der Waals surface area contributed by atoms with Gasteiger partial charge in [0.05, 0.1) is 4.91 Å². The van der Waals surface area contributed by atoms with Gasteiger partial charge in [0.25, 0.3) is 11.1 Å². The Kier molecular flexibility index (Phi) is 6.77. The first kappa shape index (κ1) is 20.8. The van der Waals surface area contributed by atoms with Crippen LogP contribution >= 0.6 is 35.0 Å². The molecule has 0 saturated carbocycles. The molecule has 0 atom stereocenters. The zero-order valence-corrected chi connectivity index (χ0v) is 17.3. The summed E-state index contributed by atoms with van der Waals surface area (Å²) in [5.74, 6) is -0.755. The van der Waals surface area contributed by atoms with Crippen molar-refractivity contribution in [2.24, 2.45) is 0 Å². The van der Waals surface area contributed by atoms with Crippen LogP contribution in [0.4, 0.5) is 4.79 Å². The van der Waals surface area contributed by atoms with Gasteiger partial charge in [-0.05, 0) is 63.2 Å². The molecule has 1 aliphatic rings. The molecular weight excluding hydrogens is 395 g/mol. The maximum Gasteiger partial charge on any atom is 0.294 e. The van der Waals surface area contributed by atoms with Gasteiger partial charge in [-0.1, -0.05) is 29.3 Å². The van der Waals surface area contributed by atoms with Gasteiger partial charge in [-0.3, -0.25) is 19.3 Å². The van der Waals surface area contributed by atoms with Crippen molar-refractivity contribution in [2.75, 3.05) is 6.54 Å². The molecule has 0 spiro atoms. The number of carbonyl (C=O) groups is 3. The third-order valence-electron chi connectivity index (χ3n) is 3.82. The molecule has 0 N–H and O–H groups in total. The number of rotatable bonds is 5. The normalized spacial score (nSPS) is 16.3. The lowest BCUT2D eigenvalue weighted by Gasteiger charge is -2.31. The Morgan fingerprint density at radius 3 is 2.35 bits per heavy atom. The van der Waals surface area contributed by atoms with E-state index >= 15 is 0 Å². The van der Waals surface area contributed by atoms with E-state index in [-0.39, 0.29) is 29.4 Å². The maximum absolute atomic E-state index is 12.6. The van der Waals surface area contributed by atoms with E-state index in [1.807, 2.05) is 27.7 Å². The molecule has 0 radical (unpaired) electrons. The van der Waals surface area contributed by atoms with Gasteiger partial charge in [0.2, 0.25) is 5.91 Å². The van der Waals surface area contributed by atoms with Gasteiger partial charge in [0.15, 0.2) is 0 Å². The summed E-state index contributed by atoms with van der Waals surface area (Å²) in [5, 5.41) is 0.395. The average Bonchev–Trinajstić information content (AvgIpc) is 2.77. The molecule has 1 fully saturated rings. The Morgan fingerprint density at radius 2 is 1.81 bits per heavy atom. The maximum atomic E-state index is 12.6. The third-order valence-corrected chi connectivity index (χ3v) is 5.29. The highest BCUT2D eigenvalue weighted by Gasteiger charge is 2.37. The summed E-state index contributed by atoms with van der Waals surface area (Å²) in [6.45, 7) is 7.32. The van der Waals surface area contributed by atoms with Crippen LogP contribution in [-0.4, -0.2) is 45.5 Å². The summed E-state index contributed by atoms with van der Waals surface area (Å²) in [4.78, 5) is 40.2. The zero-order chi connectivity index (χ0) is 19.6. The second-order valence-electron chi connectivity index (χ2n) is 6.42. The summed E-state index contributed by atoms with van der Waals surface area (Å²) in [5.41, 5.74) is 0.582. The van der Waals surface area contributed by atoms with Crippen LogP contribution in [0.2, 0.25) is 10.0 Å². The van der Waals surface area contributed by atoms with E-state index < -0.39 is 11.1 Å². The summed E-state index contributed by atoms with van der Waals surface area (Å²) >= 11 is 12.8. The first-order valence-electron chi connectivity index (χ1n) is 8.13. The predicted octanol–water partition coefficient (Wildman–Crippen LogP) is 4.68. The largest absolute Gasteiger partial charge is 0.336 e. The smallest absolute Gasteiger partial charge is 0.294 e. The predicted molar refractivity (Wildman–Crippen MR) is 106 cm³/mol. The van der Waals surface area contributed by atoms with Crippen LogP contribution in [0.5, 0.6) is 0 Å². The van der Waals surface area contributed by atoms with Crippen molar-refractivity contribution in [2.45, 2.75) is 39.8 Å². The highest BCUT2D eigenvalue weighted by molar-refractivity contribution is 8.18. The Bertz CT molecular complexity index is 770. The van der Waals surface area contributed by atoms with E-state index in [0.29, 0.717) is 15.6 Å². The van der Waals surface area contributed by atoms with E-state index in [9.17, 15) is 14.4 Å². The number of amides is 3. The summed E-state index contributed by atoms with van der Waals surface area (Å²) in [6, 6.07) is 4.84. The van der Waals surface area contributed by atoms with Crippen molar-refractivity contribution in [1.29, 1.82) is 0 Å². The van der Waals surface area contributed by atoms with Gasteiger partial charge in [-0.2, -0.15) is 0 Å². The molecule has 26 heavy (non-hydrogen) atoms. The Hall–Kier alpha value is -1.50. The summed E-state index contributed by atoms with van der Waals surface area (Å²) in [7, 11) is 0. The lowest BCUT2D eigenvalue weighted by molar-refractivity contribution is -0.138. The van der Waals surface area contributed by atoms with Crippen molar-refractivity contribution in [1.82, 2.24) is 9.80 Å². The fourth-order valence-corrected chi connectivity index (χ4v) is 4.08. The zero-order valence-electron chi connectivity index (χ0n) is 15.0. The molecule has 1 aromatic rings. The van der Waals surface area contributed by atoms with Gasteiger partial charge < -0.3 is 4.90 Å². The summed E-state index contributed by atoms with van der Waals surface area (Å²) in [6.07, 6.45) is 1.54. The van der Waals surface area contributed by atoms with Crippen LogP contribution < -0.4 is 0 Å². The van der Waals surface area contributed by atoms with Gasteiger partial charge in [0, 0.05) is 22.1 Å². The van der Waals surface area contributed by atoms with E-state index in [2.05, 4.69) is 0 Å². The minimum Gasteiger partial charge on any atom is -0.336 e. The third kappa shape index (κ3) is 4.61. The molecule has 8 heteroatoms. The topological polar surface area (TPSA) is 57.7 Å². The van der Waals surface area contributed by atoms with Crippen LogP contribution in [0.15, 0.2) is 23.1 Å². The number of hydrogen-bond donors (Lipinski definition) is 0. The average molecular weight is 415 g/mol. The van der Waals surface area contributed by atoms with Crippen molar-refractivity contribution in [3.8, 4) is 0 Å². The Morgan fingerprint density at radius 1 is 1.19 bits per heavy atom. The minimum absolute atomic E-state index is 0.0224. The lowest BCUT2D eigenvalue weighted by Crippen LogP contribution is -2.48. The van der Waals surface area contributed by atoms with Gasteiger partial charge in [0.1, 0.15) is 6.54 Å². The molecule has 1 aliphatic heterocycles. The van der Waals surface area contributed by atoms with E-state index in [1.54, 1.807) is 23.1 Å². The SMILES string of the molecule is CC(C)N(C(=O)CN1C(=O)S/C(=C\c2ccc(Cl)cc2Cl)C1=O)C(C)C. The number of imide groups is 1. The molecule has 1 heterocycles. The minimum atomic E-state index is -0.494. The van der Waals surface area contributed by atoms with Gasteiger partial charge in [-0.25, -0.2) is 0 Å². The fourth-order valence-electron chi connectivity index (χ4n) is 2.79. The fraction of sp³-hybridized carbons (Fsp3) is 0.389. The van der Waals surface area contributed by atoms with Crippen molar-refractivity contribution < 1.29 is 14.4 Å². The number of hydrogen-bond acceptors (Lipinski definition) is 4. The van der Waals surface area contributed by atoms with Crippen molar-refractivity contribution in [3.63, 3.8) is 0 Å². The van der Waals surface area contributed by atoms with Crippen molar-refractivity contribution in [3.05, 3.63) is 38.7 Å². The molecule has 1 saturated heterocycles. The number of carbonyl (C=O) groups excluding carboxylic acids is 3. The quantitative estimate of drug-likeness (QED) is 0.656. The molecule has 0 aliphatic carbocycles. The Balaban J connectivity index is 2.21. The van der Waals surface area contributed by atoms with E-state index in [0.717, 1.165) is 16.7 Å². The molecule has 1 aromatic carbocycles. The Labute approximate surface area is 167 Å². The molecule has 5 nitrogen and oxygen atoms in total. The number of benzene rings is 1. The van der Waals surface area contributed by atoms with Crippen LogP contribution in [0.25, 0.3) is 6.08 Å². The number of halogens is 2. The summed E-state index contributed by atoms with van der Waals surface area (Å²) < 4.78 is 0. The lowest BCUT2D eigenvalue weighted by atomic mass is 10.2. The molecule has 2 rings (SSSR count). The van der Waals surface area contributed by atoms with Crippen LogP contribution in [0, 0.1) is 0 Å². The molecule has 0 bridgehead atoms. The standard InChI is InChI=1S/C18H20Cl2N2O3S/c1-10(2)22(11(3)4)16(23)9-21-17(24)15(26-18(21)25)7-12-5-6-13(19)8-14(12)20/h5-8,10-11H,9H2,1-4H3/b15-7-. The molecule has 3 amide bonds. The van der Waals surface area contributed by atoms with Crippen molar-refractivity contribution >= 4 is 58.1 Å². The number of thioether (sulfide) groups is 1. The first-order valence-corrected chi connectivity index (χ1v) is 9.70.